The number of halogens is 1. The van der Waals surface area contributed by atoms with E-state index in [9.17, 15) is 10.4 Å². The summed E-state index contributed by atoms with van der Waals surface area (Å²) >= 11 is 5.94. The van der Waals surface area contributed by atoms with E-state index in [1.165, 1.54) is 0 Å². The van der Waals surface area contributed by atoms with E-state index < -0.39 is 0 Å². The Morgan fingerprint density at radius 1 is 1.32 bits per heavy atom. The van der Waals surface area contributed by atoms with Crippen molar-refractivity contribution < 1.29 is 10.4 Å². The highest BCUT2D eigenvalue weighted by Gasteiger charge is 2.15. The van der Waals surface area contributed by atoms with E-state index in [4.69, 9.17) is 23.1 Å². The van der Waals surface area contributed by atoms with Crippen molar-refractivity contribution in [2.45, 2.75) is 13.5 Å². The molecule has 2 aromatic carbocycles. The normalized spacial score (nSPS) is 12.4. The Kier molecular flexibility index (Phi) is 6.01. The molecule has 7 N–H and O–H groups in total. The number of aliphatic imine (C=N–C) groups is 1. The van der Waals surface area contributed by atoms with Crippen LogP contribution in [0.1, 0.15) is 12.5 Å². The third-order valence-electron chi connectivity index (χ3n) is 3.45. The molecule has 25 heavy (non-hydrogen) atoms. The quantitative estimate of drug-likeness (QED) is 0.220. The molecule has 6 nitrogen and oxygen atoms in total. The number of anilines is 1. The number of hydrogen-bond donors (Lipinski definition) is 4. The maximum Gasteiger partial charge on any atom is 0.245 e. The number of nitrogens with zero attached hydrogens (tertiary/aromatic N) is 2. The zero-order valence-corrected chi connectivity index (χ0v) is 14.5. The number of quaternary nitrogens is 1. The van der Waals surface area contributed by atoms with Crippen LogP contribution in [0.5, 0.6) is 5.75 Å². The van der Waals surface area contributed by atoms with Gasteiger partial charge in [0, 0.05) is 5.70 Å². The van der Waals surface area contributed by atoms with Crippen molar-refractivity contribution in [3.05, 3.63) is 64.3 Å². The summed E-state index contributed by atoms with van der Waals surface area (Å²) in [6.07, 6.45) is 0. The van der Waals surface area contributed by atoms with Gasteiger partial charge in [-0.1, -0.05) is 29.8 Å². The third-order valence-corrected chi connectivity index (χ3v) is 3.74. The molecule has 0 heterocycles. The fraction of sp³-hybridized carbons (Fsp3) is 0.111. The van der Waals surface area contributed by atoms with E-state index in [0.717, 1.165) is 5.69 Å². The number of allylic oxidation sites excluding steroid dienone is 1. The highest BCUT2D eigenvalue weighted by atomic mass is 35.5. The first kappa shape index (κ1) is 18.3. The zero-order valence-electron chi connectivity index (χ0n) is 13.7. The lowest BCUT2D eigenvalue weighted by molar-refractivity contribution is -0.442. The van der Waals surface area contributed by atoms with Crippen molar-refractivity contribution in [2.75, 3.05) is 5.73 Å². The lowest BCUT2D eigenvalue weighted by Crippen LogP contribution is -2.82. The van der Waals surface area contributed by atoms with Crippen LogP contribution in [0.2, 0.25) is 5.02 Å². The molecule has 0 bridgehead atoms. The molecular weight excluding hydrogens is 338 g/mol. The van der Waals surface area contributed by atoms with Gasteiger partial charge in [0.05, 0.1) is 17.3 Å². The van der Waals surface area contributed by atoms with Gasteiger partial charge in [-0.25, -0.2) is 4.99 Å². The van der Waals surface area contributed by atoms with E-state index in [1.54, 1.807) is 24.4 Å². The molecule has 0 atom stereocenters. The van der Waals surface area contributed by atoms with Crippen LogP contribution in [0.15, 0.2) is 58.7 Å². The maximum absolute atomic E-state index is 9.64. The van der Waals surface area contributed by atoms with E-state index in [-0.39, 0.29) is 23.0 Å². The number of nitrogens with two attached hydrogens (primary N) is 3. The highest BCUT2D eigenvalue weighted by Crippen LogP contribution is 2.31. The molecule has 0 aromatic heterocycles. The van der Waals surface area contributed by atoms with Crippen LogP contribution < -0.4 is 16.8 Å². The first-order chi connectivity index (χ1) is 11.9. The number of hydrogen-bond acceptors (Lipinski definition) is 5. The summed E-state index contributed by atoms with van der Waals surface area (Å²) in [5.74, 6) is 0.317. The van der Waals surface area contributed by atoms with Crippen molar-refractivity contribution in [1.82, 2.24) is 0 Å². The standard InChI is InChI=1S/C18H18ClN5O/c1-11(21)14(9-20)18(24-13-5-3-2-4-6-13)23-10-12-7-15(19)17(25)16(22)8-12/h2-8,25H,10,21-22H2,1H3,(H,23,24)/p+1. The molecule has 2 aromatic rings. The van der Waals surface area contributed by atoms with Gasteiger partial charge < -0.3 is 16.6 Å². The average Bonchev–Trinajstić information content (AvgIpc) is 2.58. The molecule has 0 aliphatic carbocycles. The Morgan fingerprint density at radius 3 is 2.56 bits per heavy atom. The summed E-state index contributed by atoms with van der Waals surface area (Å²) < 4.78 is 0. The summed E-state index contributed by atoms with van der Waals surface area (Å²) in [5.41, 5.74) is 14.0. The summed E-state index contributed by atoms with van der Waals surface area (Å²) in [4.78, 5) is 4.50. The lowest BCUT2D eigenvalue weighted by Gasteiger charge is -2.07. The predicted octanol–water partition coefficient (Wildman–Crippen LogP) is 2.18. The summed E-state index contributed by atoms with van der Waals surface area (Å²) in [6, 6.07) is 14.8. The number of phenols is 1. The molecule has 0 spiro atoms. The molecule has 2 rings (SSSR count). The number of rotatable bonds is 4. The fourth-order valence-corrected chi connectivity index (χ4v) is 2.45. The third kappa shape index (κ3) is 4.73. The molecular formula is C18H19ClN5O+. The largest absolute Gasteiger partial charge is 0.504 e. The Balaban J connectivity index is 2.37. The molecule has 0 fully saturated rings. The number of nitriles is 1. The summed E-state index contributed by atoms with van der Waals surface area (Å²) in [6.45, 7) is 1.89. The van der Waals surface area contributed by atoms with Crippen molar-refractivity contribution in [3.8, 4) is 11.8 Å². The van der Waals surface area contributed by atoms with Crippen LogP contribution in [0.3, 0.4) is 0 Å². The molecule has 0 aliphatic rings. The average molecular weight is 357 g/mol. The van der Waals surface area contributed by atoms with E-state index >= 15 is 0 Å². The van der Waals surface area contributed by atoms with Crippen molar-refractivity contribution >= 4 is 28.8 Å². The second kappa shape index (κ2) is 8.20. The van der Waals surface area contributed by atoms with E-state index in [0.29, 0.717) is 22.7 Å². The van der Waals surface area contributed by atoms with Gasteiger partial charge in [-0.2, -0.15) is 5.26 Å². The Hall–Kier alpha value is -3.01. The van der Waals surface area contributed by atoms with Gasteiger partial charge in [0.1, 0.15) is 11.8 Å². The van der Waals surface area contributed by atoms with Gasteiger partial charge in [0.25, 0.3) is 0 Å². The molecule has 0 saturated carbocycles. The van der Waals surface area contributed by atoms with Gasteiger partial charge >= 0.3 is 0 Å². The topological polar surface area (TPSA) is 125 Å². The smallest absolute Gasteiger partial charge is 0.245 e. The van der Waals surface area contributed by atoms with Crippen molar-refractivity contribution in [2.24, 2.45) is 10.7 Å². The van der Waals surface area contributed by atoms with E-state index in [2.05, 4.69) is 11.1 Å². The second-order valence-corrected chi connectivity index (χ2v) is 5.85. The van der Waals surface area contributed by atoms with Crippen molar-refractivity contribution in [1.29, 1.82) is 5.26 Å². The number of amidine groups is 1. The lowest BCUT2D eigenvalue weighted by atomic mass is 10.1. The number of phenolic OH excluding ortho intramolecular Hbond substituents is 1. The number of nitrogen functional groups attached to an aromatic ring is 1. The van der Waals surface area contributed by atoms with Gasteiger partial charge in [0.15, 0.2) is 11.3 Å². The maximum atomic E-state index is 9.64. The molecule has 0 amide bonds. The Labute approximate surface area is 151 Å². The Morgan fingerprint density at radius 2 is 2.00 bits per heavy atom. The fourth-order valence-electron chi connectivity index (χ4n) is 2.20. The molecule has 0 saturated heterocycles. The minimum atomic E-state index is -0.152. The highest BCUT2D eigenvalue weighted by molar-refractivity contribution is 6.32. The van der Waals surface area contributed by atoms with E-state index in [1.807, 2.05) is 30.3 Å². The van der Waals surface area contributed by atoms with Crippen LogP contribution in [-0.4, -0.2) is 10.9 Å². The summed E-state index contributed by atoms with van der Waals surface area (Å²) in [7, 11) is 0. The number of aromatic hydroxyl groups is 1. The molecule has 0 radical (unpaired) electrons. The SMILES string of the molecule is CC(N)=C(C#N)C(=NCc1cc(N)c(O)c(Cl)c1)[NH2+]c1ccccc1. The molecule has 128 valence electrons. The van der Waals surface area contributed by atoms with Gasteiger partial charge in [-0.05, 0) is 36.8 Å². The first-order valence-electron chi connectivity index (χ1n) is 7.50. The first-order valence-corrected chi connectivity index (χ1v) is 7.88. The number of para-hydroxylation sites is 1. The van der Waals surface area contributed by atoms with Crippen LogP contribution >= 0.6 is 11.6 Å². The van der Waals surface area contributed by atoms with Crippen LogP contribution in [0.25, 0.3) is 0 Å². The molecule has 7 heteroatoms. The minimum absolute atomic E-state index is 0.152. The Bertz CT molecular complexity index is 842. The van der Waals surface area contributed by atoms with Crippen molar-refractivity contribution in [3.63, 3.8) is 0 Å². The second-order valence-electron chi connectivity index (χ2n) is 5.44. The zero-order chi connectivity index (χ0) is 18.4. The monoisotopic (exact) mass is 356 g/mol. The number of benzene rings is 2. The van der Waals surface area contributed by atoms with Crippen LogP contribution in [-0.2, 0) is 6.54 Å². The van der Waals surface area contributed by atoms with Crippen LogP contribution in [0.4, 0.5) is 11.4 Å². The molecule has 0 unspecified atom stereocenters. The van der Waals surface area contributed by atoms with Crippen LogP contribution in [0, 0.1) is 11.3 Å². The molecule has 0 aliphatic heterocycles. The van der Waals surface area contributed by atoms with Gasteiger partial charge in [-0.3, -0.25) is 5.32 Å². The van der Waals surface area contributed by atoms with Gasteiger partial charge in [-0.15, -0.1) is 0 Å². The minimum Gasteiger partial charge on any atom is -0.504 e. The summed E-state index contributed by atoms with van der Waals surface area (Å²) in [5, 5.41) is 21.0. The predicted molar refractivity (Wildman–Crippen MR) is 99.2 cm³/mol. The van der Waals surface area contributed by atoms with Gasteiger partial charge in [0.2, 0.25) is 5.84 Å².